The highest BCUT2D eigenvalue weighted by Crippen LogP contribution is 2.26. The van der Waals surface area contributed by atoms with Crippen LogP contribution in [-0.4, -0.2) is 45.1 Å². The molecular formula is C12H17N5O2S. The molecule has 20 heavy (non-hydrogen) atoms. The largest absolute Gasteiger partial charge is 0.324 e. The van der Waals surface area contributed by atoms with Gasteiger partial charge in [-0.3, -0.25) is 4.68 Å². The molecule has 0 aliphatic carbocycles. The maximum atomic E-state index is 12.5. The summed E-state index contributed by atoms with van der Waals surface area (Å²) in [5.41, 5.74) is 1.08. The van der Waals surface area contributed by atoms with Crippen molar-refractivity contribution in [1.29, 1.82) is 0 Å². The van der Waals surface area contributed by atoms with Gasteiger partial charge in [-0.1, -0.05) is 0 Å². The van der Waals surface area contributed by atoms with Crippen LogP contribution in [0.3, 0.4) is 0 Å². The summed E-state index contributed by atoms with van der Waals surface area (Å²) in [6, 6.07) is 0.0961. The minimum Gasteiger partial charge on any atom is -0.324 e. The molecular weight excluding hydrogens is 278 g/mol. The Hall–Kier alpha value is -1.67. The van der Waals surface area contributed by atoms with E-state index >= 15 is 0 Å². The minimum absolute atomic E-state index is 0.0924. The van der Waals surface area contributed by atoms with Gasteiger partial charge in [0.15, 0.2) is 0 Å². The van der Waals surface area contributed by atoms with E-state index in [-0.39, 0.29) is 11.2 Å². The van der Waals surface area contributed by atoms with Crippen LogP contribution in [0.5, 0.6) is 0 Å². The van der Waals surface area contributed by atoms with Gasteiger partial charge >= 0.3 is 0 Å². The molecule has 3 rings (SSSR count). The number of aromatic nitrogens is 4. The van der Waals surface area contributed by atoms with Crippen LogP contribution in [-0.2, 0) is 17.1 Å². The fourth-order valence-electron chi connectivity index (χ4n) is 2.49. The number of hydrogen-bond donors (Lipinski definition) is 0. The van der Waals surface area contributed by atoms with Crippen LogP contribution in [0.2, 0.25) is 0 Å². The summed E-state index contributed by atoms with van der Waals surface area (Å²) < 4.78 is 29.9. The first-order valence-electron chi connectivity index (χ1n) is 6.47. The molecule has 1 atom stereocenters. The molecule has 2 aromatic heterocycles. The standard InChI is InChI=1S/C12H17N5O2S/c1-10-7-14-17(8-10)11-3-5-16(9-11)20(18,19)12-13-4-6-15(12)2/h4,6-8,11H,3,5,9H2,1-2H3. The molecule has 0 N–H and O–H groups in total. The van der Waals surface area contributed by atoms with Crippen molar-refractivity contribution in [2.24, 2.45) is 7.05 Å². The number of aryl methyl sites for hydroxylation is 2. The van der Waals surface area contributed by atoms with Crippen LogP contribution in [0, 0.1) is 6.92 Å². The van der Waals surface area contributed by atoms with E-state index in [1.165, 1.54) is 15.1 Å². The lowest BCUT2D eigenvalue weighted by molar-refractivity contribution is 0.429. The summed E-state index contributed by atoms with van der Waals surface area (Å²) in [7, 11) is -1.83. The lowest BCUT2D eigenvalue weighted by Gasteiger charge is -2.16. The summed E-state index contributed by atoms with van der Waals surface area (Å²) in [5, 5.41) is 4.36. The summed E-state index contributed by atoms with van der Waals surface area (Å²) in [4.78, 5) is 3.94. The molecule has 0 spiro atoms. The van der Waals surface area contributed by atoms with Crippen LogP contribution in [0.4, 0.5) is 0 Å². The average molecular weight is 295 g/mol. The second kappa shape index (κ2) is 4.71. The van der Waals surface area contributed by atoms with Gasteiger partial charge < -0.3 is 4.57 Å². The van der Waals surface area contributed by atoms with E-state index in [0.717, 1.165) is 12.0 Å². The molecule has 1 aliphatic rings. The van der Waals surface area contributed by atoms with E-state index in [2.05, 4.69) is 10.1 Å². The van der Waals surface area contributed by atoms with Gasteiger partial charge in [-0.2, -0.15) is 9.40 Å². The molecule has 8 heteroatoms. The van der Waals surface area contributed by atoms with Crippen molar-refractivity contribution < 1.29 is 8.42 Å². The highest BCUT2D eigenvalue weighted by Gasteiger charge is 2.35. The Kier molecular flexibility index (Phi) is 3.14. The lowest BCUT2D eigenvalue weighted by Crippen LogP contribution is -2.31. The van der Waals surface area contributed by atoms with Crippen molar-refractivity contribution in [2.45, 2.75) is 24.5 Å². The molecule has 108 valence electrons. The predicted octanol–water partition coefficient (Wildman–Crippen LogP) is 0.561. The normalized spacial score (nSPS) is 20.6. The van der Waals surface area contributed by atoms with Gasteiger partial charge in [0.2, 0.25) is 5.16 Å². The van der Waals surface area contributed by atoms with Crippen LogP contribution in [0.25, 0.3) is 0 Å². The van der Waals surface area contributed by atoms with Crippen LogP contribution in [0.15, 0.2) is 29.9 Å². The Morgan fingerprint density at radius 3 is 2.80 bits per heavy atom. The molecule has 0 saturated carbocycles. The molecule has 0 bridgehead atoms. The predicted molar refractivity (Wildman–Crippen MR) is 72.6 cm³/mol. The van der Waals surface area contributed by atoms with E-state index in [0.29, 0.717) is 13.1 Å². The lowest BCUT2D eigenvalue weighted by atomic mass is 10.3. The minimum atomic E-state index is -3.52. The van der Waals surface area contributed by atoms with E-state index in [1.807, 2.05) is 17.8 Å². The maximum Gasteiger partial charge on any atom is 0.277 e. The number of sulfonamides is 1. The van der Waals surface area contributed by atoms with E-state index in [9.17, 15) is 8.42 Å². The zero-order valence-corrected chi connectivity index (χ0v) is 12.3. The molecule has 0 amide bonds. The van der Waals surface area contributed by atoms with E-state index < -0.39 is 10.0 Å². The first kappa shape index (κ1) is 13.3. The number of imidazole rings is 1. The molecule has 1 fully saturated rings. The van der Waals surface area contributed by atoms with Crippen molar-refractivity contribution in [3.8, 4) is 0 Å². The Balaban J connectivity index is 1.82. The van der Waals surface area contributed by atoms with Crippen LogP contribution < -0.4 is 0 Å². The smallest absolute Gasteiger partial charge is 0.277 e. The average Bonchev–Trinajstić information content (AvgIpc) is 3.07. The van der Waals surface area contributed by atoms with E-state index in [4.69, 9.17) is 0 Å². The fraction of sp³-hybridized carbons (Fsp3) is 0.500. The Morgan fingerprint density at radius 1 is 1.40 bits per heavy atom. The molecule has 0 radical (unpaired) electrons. The SMILES string of the molecule is Cc1cnn(C2CCN(S(=O)(=O)c3nccn3C)C2)c1. The molecule has 7 nitrogen and oxygen atoms in total. The summed E-state index contributed by atoms with van der Waals surface area (Å²) in [5.74, 6) is 0. The molecule has 2 aromatic rings. The topological polar surface area (TPSA) is 73.0 Å². The van der Waals surface area contributed by atoms with Gasteiger partial charge in [0.25, 0.3) is 10.0 Å². The third-order valence-corrected chi connectivity index (χ3v) is 5.44. The molecule has 1 aliphatic heterocycles. The summed E-state index contributed by atoms with van der Waals surface area (Å²) in [6.45, 7) is 2.91. The summed E-state index contributed by atoms with van der Waals surface area (Å²) in [6.07, 6.45) is 7.64. The quantitative estimate of drug-likeness (QED) is 0.829. The van der Waals surface area contributed by atoms with Gasteiger partial charge in [-0.05, 0) is 18.9 Å². The highest BCUT2D eigenvalue weighted by molar-refractivity contribution is 7.89. The Morgan fingerprint density at radius 2 is 2.20 bits per heavy atom. The monoisotopic (exact) mass is 295 g/mol. The van der Waals surface area contributed by atoms with E-state index in [1.54, 1.807) is 19.4 Å². The molecule has 1 unspecified atom stereocenters. The second-order valence-electron chi connectivity index (χ2n) is 5.12. The molecule has 0 aromatic carbocycles. The highest BCUT2D eigenvalue weighted by atomic mass is 32.2. The van der Waals surface area contributed by atoms with Gasteiger partial charge in [0.05, 0.1) is 12.2 Å². The van der Waals surface area contributed by atoms with Gasteiger partial charge in [0.1, 0.15) is 0 Å². The number of rotatable bonds is 3. The zero-order chi connectivity index (χ0) is 14.3. The zero-order valence-electron chi connectivity index (χ0n) is 11.5. The van der Waals surface area contributed by atoms with Crippen LogP contribution >= 0.6 is 0 Å². The third kappa shape index (κ3) is 2.14. The second-order valence-corrected chi connectivity index (χ2v) is 6.96. The van der Waals surface area contributed by atoms with Crippen molar-refractivity contribution in [3.63, 3.8) is 0 Å². The summed E-state index contributed by atoms with van der Waals surface area (Å²) >= 11 is 0. The number of nitrogens with zero attached hydrogens (tertiary/aromatic N) is 5. The molecule has 3 heterocycles. The fourth-order valence-corrected chi connectivity index (χ4v) is 4.06. The van der Waals surface area contributed by atoms with Gasteiger partial charge in [-0.15, -0.1) is 0 Å². The number of hydrogen-bond acceptors (Lipinski definition) is 4. The third-order valence-electron chi connectivity index (χ3n) is 3.58. The first-order valence-corrected chi connectivity index (χ1v) is 7.91. The van der Waals surface area contributed by atoms with Gasteiger partial charge in [-0.25, -0.2) is 13.4 Å². The van der Waals surface area contributed by atoms with Crippen LogP contribution in [0.1, 0.15) is 18.0 Å². The van der Waals surface area contributed by atoms with Crippen molar-refractivity contribution in [2.75, 3.05) is 13.1 Å². The maximum absolute atomic E-state index is 12.5. The van der Waals surface area contributed by atoms with Gasteiger partial charge in [0, 0.05) is 38.7 Å². The van der Waals surface area contributed by atoms with Crippen molar-refractivity contribution >= 4 is 10.0 Å². The van der Waals surface area contributed by atoms with Crippen molar-refractivity contribution in [3.05, 3.63) is 30.4 Å². The Bertz CT molecular complexity index is 718. The Labute approximate surface area is 117 Å². The molecule has 1 saturated heterocycles. The first-order chi connectivity index (χ1) is 9.48. The van der Waals surface area contributed by atoms with Crippen molar-refractivity contribution in [1.82, 2.24) is 23.6 Å².